The van der Waals surface area contributed by atoms with Gasteiger partial charge in [-0.05, 0) is 75.4 Å². The molecule has 2 aromatic rings. The molecule has 3 nitrogen and oxygen atoms in total. The smallest absolute Gasteiger partial charge is 0.185 e. The van der Waals surface area contributed by atoms with Gasteiger partial charge in [-0.2, -0.15) is 0 Å². The lowest BCUT2D eigenvalue weighted by Crippen LogP contribution is -2.12. The van der Waals surface area contributed by atoms with Crippen LogP contribution in [0.4, 0.5) is 0 Å². The first-order chi connectivity index (χ1) is 13.0. The number of ether oxygens (including phenoxy) is 2. The van der Waals surface area contributed by atoms with Gasteiger partial charge < -0.3 is 9.47 Å². The van der Waals surface area contributed by atoms with E-state index in [1.54, 1.807) is 14.2 Å². The molecule has 1 saturated carbocycles. The van der Waals surface area contributed by atoms with Crippen LogP contribution in [0.3, 0.4) is 0 Å². The van der Waals surface area contributed by atoms with Gasteiger partial charge in [0.1, 0.15) is 11.5 Å². The number of rotatable bonds is 4. The average molecular weight is 492 g/mol. The monoisotopic (exact) mass is 490 g/mol. The Bertz CT molecular complexity index is 856. The summed E-state index contributed by atoms with van der Waals surface area (Å²) in [5.41, 5.74) is 3.41. The first-order valence-electron chi connectivity index (χ1n) is 8.66. The first-order valence-corrected chi connectivity index (χ1v) is 10.2. The Labute approximate surface area is 176 Å². The van der Waals surface area contributed by atoms with Crippen LogP contribution in [0, 0.1) is 0 Å². The molecule has 0 bridgehead atoms. The molecule has 0 radical (unpaired) electrons. The molecule has 0 spiro atoms. The maximum Gasteiger partial charge on any atom is 0.185 e. The zero-order chi connectivity index (χ0) is 19.4. The maximum absolute atomic E-state index is 13.1. The van der Waals surface area contributed by atoms with Crippen molar-refractivity contribution in [2.24, 2.45) is 0 Å². The summed E-state index contributed by atoms with van der Waals surface area (Å²) < 4.78 is 12.7. The number of halogens is 2. The van der Waals surface area contributed by atoms with E-state index in [0.717, 1.165) is 62.0 Å². The maximum atomic E-state index is 13.1. The fourth-order valence-corrected chi connectivity index (χ4v) is 4.35. The van der Waals surface area contributed by atoms with E-state index in [1.165, 1.54) is 0 Å². The predicted molar refractivity (Wildman–Crippen MR) is 116 cm³/mol. The van der Waals surface area contributed by atoms with Crippen molar-refractivity contribution in [1.29, 1.82) is 0 Å². The van der Waals surface area contributed by atoms with Gasteiger partial charge in [-0.25, -0.2) is 0 Å². The van der Waals surface area contributed by atoms with Gasteiger partial charge >= 0.3 is 0 Å². The van der Waals surface area contributed by atoms with Crippen LogP contribution in [0.1, 0.15) is 30.4 Å². The van der Waals surface area contributed by atoms with E-state index in [1.807, 2.05) is 48.6 Å². The molecule has 0 unspecified atom stereocenters. The first kappa shape index (κ1) is 19.9. The summed E-state index contributed by atoms with van der Waals surface area (Å²) in [4.78, 5) is 13.1. The minimum absolute atomic E-state index is 0.0882. The third-order valence-electron chi connectivity index (χ3n) is 4.54. The summed E-state index contributed by atoms with van der Waals surface area (Å²) >= 11 is 6.99. The molecule has 1 aliphatic rings. The highest BCUT2D eigenvalue weighted by atomic mass is 79.9. The molecular formula is C22H20Br2O3. The molecule has 0 aliphatic heterocycles. The van der Waals surface area contributed by atoms with Crippen LogP contribution >= 0.6 is 31.9 Å². The number of carbonyl (C=O) groups excluding carboxylic acids is 1. The van der Waals surface area contributed by atoms with Crippen molar-refractivity contribution in [3.05, 3.63) is 67.6 Å². The number of hydrogen-bond acceptors (Lipinski definition) is 3. The number of hydrogen-bond donors (Lipinski definition) is 0. The average Bonchev–Trinajstić information content (AvgIpc) is 2.65. The van der Waals surface area contributed by atoms with E-state index < -0.39 is 0 Å². The van der Waals surface area contributed by atoms with Crippen LogP contribution in [-0.2, 0) is 4.79 Å². The Morgan fingerprint density at radius 3 is 1.67 bits per heavy atom. The van der Waals surface area contributed by atoms with Gasteiger partial charge in [0, 0.05) is 22.3 Å². The zero-order valence-corrected chi connectivity index (χ0v) is 18.4. The van der Waals surface area contributed by atoms with Crippen LogP contribution in [-0.4, -0.2) is 20.0 Å². The molecule has 1 fully saturated rings. The van der Waals surface area contributed by atoms with Gasteiger partial charge in [-0.15, -0.1) is 0 Å². The molecule has 2 aromatic carbocycles. The van der Waals surface area contributed by atoms with Gasteiger partial charge in [-0.1, -0.05) is 24.3 Å². The van der Waals surface area contributed by atoms with Crippen molar-refractivity contribution in [1.82, 2.24) is 0 Å². The molecule has 140 valence electrons. The summed E-state index contributed by atoms with van der Waals surface area (Å²) in [6.45, 7) is 0. The highest BCUT2D eigenvalue weighted by Crippen LogP contribution is 2.35. The third-order valence-corrected chi connectivity index (χ3v) is 5.79. The van der Waals surface area contributed by atoms with Crippen molar-refractivity contribution < 1.29 is 14.3 Å². The highest BCUT2D eigenvalue weighted by molar-refractivity contribution is 9.10. The number of carbonyl (C=O) groups is 1. The lowest BCUT2D eigenvalue weighted by molar-refractivity contribution is -0.112. The highest BCUT2D eigenvalue weighted by Gasteiger charge is 2.22. The van der Waals surface area contributed by atoms with E-state index in [9.17, 15) is 4.79 Å². The Balaban J connectivity index is 1.98. The quantitative estimate of drug-likeness (QED) is 0.461. The van der Waals surface area contributed by atoms with Crippen LogP contribution in [0.2, 0.25) is 0 Å². The normalized spacial score (nSPS) is 17.4. The fourth-order valence-electron chi connectivity index (χ4n) is 3.26. The summed E-state index contributed by atoms with van der Waals surface area (Å²) in [5.74, 6) is 1.57. The fraction of sp³-hybridized carbons (Fsp3) is 0.227. The van der Waals surface area contributed by atoms with Crippen molar-refractivity contribution >= 4 is 49.8 Å². The Morgan fingerprint density at radius 1 is 0.815 bits per heavy atom. The van der Waals surface area contributed by atoms with Gasteiger partial charge in [0.2, 0.25) is 0 Å². The molecule has 27 heavy (non-hydrogen) atoms. The van der Waals surface area contributed by atoms with Crippen molar-refractivity contribution in [2.45, 2.75) is 19.3 Å². The molecule has 0 aromatic heterocycles. The Morgan fingerprint density at radius 2 is 1.26 bits per heavy atom. The summed E-state index contributed by atoms with van der Waals surface area (Å²) in [6, 6.07) is 11.6. The molecule has 0 heterocycles. The number of methoxy groups -OCH3 is 2. The SMILES string of the molecule is COc1c(Br)cccc1/C=C1\CCC/C(=C\c2cccc(Br)c2OC)C1=O. The van der Waals surface area contributed by atoms with Crippen LogP contribution in [0.15, 0.2) is 56.5 Å². The molecule has 0 amide bonds. The Hall–Kier alpha value is -1.85. The molecule has 0 N–H and O–H groups in total. The van der Waals surface area contributed by atoms with E-state index in [-0.39, 0.29) is 5.78 Å². The molecular weight excluding hydrogens is 472 g/mol. The standard InChI is InChI=1S/C22H20Br2O3/c1-26-21-16(8-4-10-18(21)23)12-14-6-3-7-15(20(14)25)13-17-9-5-11-19(24)22(17)27-2/h4-5,8-13H,3,6-7H2,1-2H3/b14-12+,15-13+. The lowest BCUT2D eigenvalue weighted by atomic mass is 9.86. The second-order valence-electron chi connectivity index (χ2n) is 6.25. The molecule has 3 rings (SSSR count). The second kappa shape index (κ2) is 8.89. The largest absolute Gasteiger partial charge is 0.495 e. The van der Waals surface area contributed by atoms with E-state index in [4.69, 9.17) is 9.47 Å². The lowest BCUT2D eigenvalue weighted by Gasteiger charge is -2.18. The summed E-state index contributed by atoms with van der Waals surface area (Å²) in [5, 5.41) is 0. The number of ketones is 1. The molecule has 0 atom stereocenters. The number of benzene rings is 2. The van der Waals surface area contributed by atoms with Crippen molar-refractivity contribution in [2.75, 3.05) is 14.2 Å². The summed E-state index contributed by atoms with van der Waals surface area (Å²) in [6.07, 6.45) is 6.35. The van der Waals surface area contributed by atoms with Crippen LogP contribution < -0.4 is 9.47 Å². The molecule has 1 aliphatic carbocycles. The predicted octanol–water partition coefficient (Wildman–Crippen LogP) is 6.45. The minimum atomic E-state index is 0.0882. The van der Waals surface area contributed by atoms with Gasteiger partial charge in [0.15, 0.2) is 5.78 Å². The van der Waals surface area contributed by atoms with Crippen LogP contribution in [0.25, 0.3) is 12.2 Å². The topological polar surface area (TPSA) is 35.5 Å². The van der Waals surface area contributed by atoms with Gasteiger partial charge in [-0.3, -0.25) is 4.79 Å². The summed E-state index contributed by atoms with van der Waals surface area (Å²) in [7, 11) is 3.27. The van der Waals surface area contributed by atoms with Crippen molar-refractivity contribution in [3.8, 4) is 11.5 Å². The van der Waals surface area contributed by atoms with Crippen molar-refractivity contribution in [3.63, 3.8) is 0 Å². The second-order valence-corrected chi connectivity index (χ2v) is 7.96. The third kappa shape index (κ3) is 4.36. The zero-order valence-electron chi connectivity index (χ0n) is 15.2. The van der Waals surface area contributed by atoms with Gasteiger partial charge in [0.05, 0.1) is 23.2 Å². The molecule has 0 saturated heterocycles. The van der Waals surface area contributed by atoms with Crippen LogP contribution in [0.5, 0.6) is 11.5 Å². The molecule has 5 heteroatoms. The van der Waals surface area contributed by atoms with E-state index in [0.29, 0.717) is 0 Å². The Kier molecular flexibility index (Phi) is 6.55. The minimum Gasteiger partial charge on any atom is -0.495 e. The van der Waals surface area contributed by atoms with E-state index in [2.05, 4.69) is 31.9 Å². The number of para-hydroxylation sites is 2. The number of Topliss-reactive ketones (excluding diaryl/α,β-unsaturated/α-hetero) is 1. The number of allylic oxidation sites excluding steroid dienone is 2. The van der Waals surface area contributed by atoms with E-state index >= 15 is 0 Å². The van der Waals surface area contributed by atoms with Gasteiger partial charge in [0.25, 0.3) is 0 Å².